The summed E-state index contributed by atoms with van der Waals surface area (Å²) >= 11 is 6.01. The van der Waals surface area contributed by atoms with Crippen LogP contribution in [0.25, 0.3) is 0 Å². The molecule has 2 heterocycles. The van der Waals surface area contributed by atoms with E-state index in [1.165, 1.54) is 0 Å². The topological polar surface area (TPSA) is 46.1 Å². The van der Waals surface area contributed by atoms with Crippen LogP contribution in [-0.4, -0.2) is 33.9 Å². The highest BCUT2D eigenvalue weighted by Crippen LogP contribution is 2.29. The maximum Gasteiger partial charge on any atom is 0.227 e. The van der Waals surface area contributed by atoms with Gasteiger partial charge in [-0.15, -0.1) is 0 Å². The van der Waals surface area contributed by atoms with Crippen molar-refractivity contribution in [3.8, 4) is 0 Å². The Hall–Kier alpha value is -1.16. The Bertz CT molecular complexity index is 490. The van der Waals surface area contributed by atoms with E-state index in [0.29, 0.717) is 11.0 Å². The largest absolute Gasteiger partial charge is 0.342 e. The molecule has 1 amide bonds. The van der Waals surface area contributed by atoms with Gasteiger partial charge in [0.2, 0.25) is 5.91 Å². The second-order valence-corrected chi connectivity index (χ2v) is 6.89. The van der Waals surface area contributed by atoms with E-state index in [4.69, 9.17) is 11.6 Å². The van der Waals surface area contributed by atoms with Crippen LogP contribution in [0.1, 0.15) is 51.0 Å². The van der Waals surface area contributed by atoms with Gasteiger partial charge in [0.15, 0.2) is 0 Å². The van der Waals surface area contributed by atoms with Crippen molar-refractivity contribution in [1.82, 2.24) is 14.9 Å². The number of likely N-dealkylation sites (tertiary alicyclic amines) is 1. The molecule has 1 aromatic heterocycles. The van der Waals surface area contributed by atoms with Crippen molar-refractivity contribution in [3.63, 3.8) is 0 Å². The minimum Gasteiger partial charge on any atom is -0.342 e. The van der Waals surface area contributed by atoms with E-state index in [2.05, 4.69) is 9.97 Å². The first kappa shape index (κ1) is 15.2. The monoisotopic (exact) mass is 295 g/mol. The molecule has 2 rings (SSSR count). The maximum atomic E-state index is 12.4. The van der Waals surface area contributed by atoms with Gasteiger partial charge in [0.05, 0.1) is 5.69 Å². The lowest BCUT2D eigenvalue weighted by molar-refractivity contribution is -0.140. The van der Waals surface area contributed by atoms with Crippen LogP contribution in [0, 0.1) is 12.3 Å². The molecule has 1 aliphatic heterocycles. The van der Waals surface area contributed by atoms with Gasteiger partial charge in [-0.05, 0) is 25.8 Å². The van der Waals surface area contributed by atoms with E-state index in [-0.39, 0.29) is 17.2 Å². The fourth-order valence-electron chi connectivity index (χ4n) is 2.64. The lowest BCUT2D eigenvalue weighted by atomic mass is 9.90. The number of rotatable bonds is 1. The lowest BCUT2D eigenvalue weighted by Crippen LogP contribution is -2.44. The molecule has 1 aliphatic rings. The molecular weight excluding hydrogens is 274 g/mol. The predicted molar refractivity (Wildman–Crippen MR) is 79.8 cm³/mol. The number of carbonyl (C=O) groups excluding carboxylic acids is 1. The molecule has 1 atom stereocenters. The first-order valence-electron chi connectivity index (χ1n) is 7.08. The summed E-state index contributed by atoms with van der Waals surface area (Å²) in [4.78, 5) is 22.9. The van der Waals surface area contributed by atoms with Crippen molar-refractivity contribution >= 4 is 17.5 Å². The number of hydrogen-bond acceptors (Lipinski definition) is 3. The van der Waals surface area contributed by atoms with Gasteiger partial charge in [-0.25, -0.2) is 9.97 Å². The highest BCUT2D eigenvalue weighted by Gasteiger charge is 2.32. The summed E-state index contributed by atoms with van der Waals surface area (Å²) in [6.07, 6.45) is 2.05. The van der Waals surface area contributed by atoms with Crippen LogP contribution >= 0.6 is 11.6 Å². The summed E-state index contributed by atoms with van der Waals surface area (Å²) in [5.41, 5.74) is 0.620. The number of aryl methyl sites for hydroxylation is 1. The van der Waals surface area contributed by atoms with Gasteiger partial charge in [0.1, 0.15) is 11.0 Å². The molecule has 1 fully saturated rings. The molecule has 0 unspecified atom stereocenters. The van der Waals surface area contributed by atoms with E-state index in [0.717, 1.165) is 31.6 Å². The normalized spacial score (nSPS) is 20.1. The van der Waals surface area contributed by atoms with Crippen LogP contribution in [0.15, 0.2) is 6.07 Å². The Labute approximate surface area is 125 Å². The smallest absolute Gasteiger partial charge is 0.227 e. The van der Waals surface area contributed by atoms with E-state index in [9.17, 15) is 4.79 Å². The molecular formula is C15H22ClN3O. The summed E-state index contributed by atoms with van der Waals surface area (Å²) in [6, 6.07) is 1.82. The van der Waals surface area contributed by atoms with Crippen LogP contribution in [0.4, 0.5) is 0 Å². The molecule has 1 aromatic rings. The molecule has 20 heavy (non-hydrogen) atoms. The van der Waals surface area contributed by atoms with Crippen molar-refractivity contribution in [1.29, 1.82) is 0 Å². The minimum absolute atomic E-state index is 0.207. The number of aromatic nitrogens is 2. The molecule has 0 aliphatic carbocycles. The van der Waals surface area contributed by atoms with Crippen molar-refractivity contribution in [2.45, 2.75) is 46.5 Å². The third-order valence-electron chi connectivity index (χ3n) is 3.59. The second kappa shape index (κ2) is 5.68. The van der Waals surface area contributed by atoms with Crippen molar-refractivity contribution in [2.24, 2.45) is 5.41 Å². The summed E-state index contributed by atoms with van der Waals surface area (Å²) in [6.45, 7) is 9.30. The van der Waals surface area contributed by atoms with E-state index >= 15 is 0 Å². The van der Waals surface area contributed by atoms with Crippen LogP contribution in [0.2, 0.25) is 5.15 Å². The number of nitrogens with zero attached hydrogens (tertiary/aromatic N) is 3. The Balaban J connectivity index is 2.16. The number of hydrogen-bond donors (Lipinski definition) is 0. The maximum absolute atomic E-state index is 12.4. The first-order valence-corrected chi connectivity index (χ1v) is 7.45. The van der Waals surface area contributed by atoms with Gasteiger partial charge in [-0.2, -0.15) is 0 Å². The van der Waals surface area contributed by atoms with Crippen molar-refractivity contribution in [3.05, 3.63) is 22.7 Å². The van der Waals surface area contributed by atoms with Crippen molar-refractivity contribution < 1.29 is 4.79 Å². The minimum atomic E-state index is -0.332. The molecule has 0 spiro atoms. The molecule has 0 aromatic carbocycles. The van der Waals surface area contributed by atoms with Crippen LogP contribution < -0.4 is 0 Å². The number of piperidine rings is 1. The van der Waals surface area contributed by atoms with E-state index < -0.39 is 0 Å². The Morgan fingerprint density at radius 2 is 2.10 bits per heavy atom. The summed E-state index contributed by atoms with van der Waals surface area (Å²) in [5.74, 6) is 1.15. The first-order chi connectivity index (χ1) is 9.27. The van der Waals surface area contributed by atoms with Crippen LogP contribution in [0.3, 0.4) is 0 Å². The number of amides is 1. The number of halogens is 1. The highest BCUT2D eigenvalue weighted by atomic mass is 35.5. The van der Waals surface area contributed by atoms with Gasteiger partial charge in [0.25, 0.3) is 0 Å². The molecule has 0 N–H and O–H groups in total. The summed E-state index contributed by atoms with van der Waals surface area (Å²) in [5, 5.41) is 0.478. The Morgan fingerprint density at radius 3 is 2.70 bits per heavy atom. The average Bonchev–Trinajstić information content (AvgIpc) is 2.36. The summed E-state index contributed by atoms with van der Waals surface area (Å²) in [7, 11) is 0. The molecule has 110 valence electrons. The van der Waals surface area contributed by atoms with Gasteiger partial charge >= 0.3 is 0 Å². The fraction of sp³-hybridized carbons (Fsp3) is 0.667. The molecule has 0 bridgehead atoms. The third-order valence-corrected chi connectivity index (χ3v) is 3.79. The molecule has 4 nitrogen and oxygen atoms in total. The fourth-order valence-corrected chi connectivity index (χ4v) is 2.87. The quantitative estimate of drug-likeness (QED) is 0.748. The van der Waals surface area contributed by atoms with Gasteiger partial charge in [-0.3, -0.25) is 4.79 Å². The Kier molecular flexibility index (Phi) is 4.33. The molecule has 1 saturated heterocycles. The lowest BCUT2D eigenvalue weighted by Gasteiger charge is -2.36. The zero-order valence-corrected chi connectivity index (χ0v) is 13.4. The zero-order chi connectivity index (χ0) is 14.9. The van der Waals surface area contributed by atoms with Crippen LogP contribution in [0.5, 0.6) is 0 Å². The third kappa shape index (κ3) is 3.48. The second-order valence-electron chi connectivity index (χ2n) is 6.50. The SMILES string of the molecule is Cc1nc(Cl)cc([C@H]2CCCN(C(=O)C(C)(C)C)C2)n1. The van der Waals surface area contributed by atoms with Crippen molar-refractivity contribution in [2.75, 3.05) is 13.1 Å². The van der Waals surface area contributed by atoms with Crippen LogP contribution in [-0.2, 0) is 4.79 Å². The molecule has 0 radical (unpaired) electrons. The average molecular weight is 296 g/mol. The number of carbonyl (C=O) groups is 1. The highest BCUT2D eigenvalue weighted by molar-refractivity contribution is 6.29. The van der Waals surface area contributed by atoms with E-state index in [1.54, 1.807) is 0 Å². The standard InChI is InChI=1S/C15H22ClN3O/c1-10-17-12(8-13(16)18-10)11-6-5-7-19(9-11)14(20)15(2,3)4/h8,11H,5-7,9H2,1-4H3/t11-/m0/s1. The molecule has 5 heteroatoms. The van der Waals surface area contributed by atoms with E-state index in [1.807, 2.05) is 38.7 Å². The van der Waals surface area contributed by atoms with Gasteiger partial charge in [0, 0.05) is 24.4 Å². The summed E-state index contributed by atoms with van der Waals surface area (Å²) < 4.78 is 0. The Morgan fingerprint density at radius 1 is 1.40 bits per heavy atom. The van der Waals surface area contributed by atoms with Gasteiger partial charge in [-0.1, -0.05) is 32.4 Å². The predicted octanol–water partition coefficient (Wildman–Crippen LogP) is 3.19. The van der Waals surface area contributed by atoms with Gasteiger partial charge < -0.3 is 4.90 Å². The molecule has 0 saturated carbocycles. The zero-order valence-electron chi connectivity index (χ0n) is 12.6.